The SMILES string of the molecule is CO[C@H]1O[C@H](COCc2ccccc2)[C@@H](OC(=O)[C@H](O)[C@@H](O)c2ccccc2)[C@H](O[Si](C)(C)C(C)(C)C)[C@H]1O[Si](C)(C)C(C)(C)C. The molecule has 0 aliphatic carbocycles. The molecule has 1 aliphatic rings. The number of aliphatic hydroxyl groups is 2. The average molecular weight is 677 g/mol. The smallest absolute Gasteiger partial charge is 0.338 e. The first-order chi connectivity index (χ1) is 21.3. The van der Waals surface area contributed by atoms with E-state index in [-0.39, 0.29) is 16.7 Å². The fourth-order valence-corrected chi connectivity index (χ4v) is 7.25. The highest BCUT2D eigenvalue weighted by atomic mass is 28.4. The van der Waals surface area contributed by atoms with Crippen molar-refractivity contribution < 1.29 is 42.8 Å². The molecule has 0 radical (unpaired) electrons. The standard InChI is InChI=1S/C35H56O9Si2/c1-34(2,3)45(8,9)43-30-29(42-32(38)28(37)27(36)25-20-16-13-17-21-25)26(23-40-22-24-18-14-12-15-19-24)41-33(39-7)31(30)44-46(10,11)35(4,5)6/h12-21,26-31,33,36-37H,22-23H2,1-11H3/t26-,27+,28-,29-,30+,31-,33+/m1/s1. The number of carbonyl (C=O) groups is 1. The zero-order valence-electron chi connectivity index (χ0n) is 29.5. The number of carbonyl (C=O) groups excluding carboxylic acids is 1. The number of hydrogen-bond acceptors (Lipinski definition) is 9. The number of benzene rings is 2. The molecule has 2 aromatic carbocycles. The van der Waals surface area contributed by atoms with Gasteiger partial charge >= 0.3 is 5.97 Å². The van der Waals surface area contributed by atoms with Crippen LogP contribution in [0.25, 0.3) is 0 Å². The van der Waals surface area contributed by atoms with Crippen molar-refractivity contribution in [2.24, 2.45) is 0 Å². The second kappa shape index (κ2) is 15.5. The van der Waals surface area contributed by atoms with Crippen LogP contribution < -0.4 is 0 Å². The van der Waals surface area contributed by atoms with Gasteiger partial charge in [-0.25, -0.2) is 4.79 Å². The quantitative estimate of drug-likeness (QED) is 0.185. The Morgan fingerprint density at radius 2 is 1.30 bits per heavy atom. The Morgan fingerprint density at radius 1 is 0.804 bits per heavy atom. The number of esters is 1. The van der Waals surface area contributed by atoms with E-state index in [1.165, 1.54) is 0 Å². The van der Waals surface area contributed by atoms with Gasteiger partial charge in [0.2, 0.25) is 0 Å². The molecule has 2 N–H and O–H groups in total. The molecule has 7 atom stereocenters. The van der Waals surface area contributed by atoms with Crippen LogP contribution in [0.2, 0.25) is 36.3 Å². The van der Waals surface area contributed by atoms with Crippen LogP contribution in [-0.2, 0) is 39.2 Å². The second-order valence-electron chi connectivity index (χ2n) is 15.2. The second-order valence-corrected chi connectivity index (χ2v) is 24.7. The van der Waals surface area contributed by atoms with Gasteiger partial charge < -0.3 is 38.0 Å². The van der Waals surface area contributed by atoms with Crippen molar-refractivity contribution in [1.29, 1.82) is 0 Å². The molecule has 11 heteroatoms. The summed E-state index contributed by atoms with van der Waals surface area (Å²) in [7, 11) is -3.41. The van der Waals surface area contributed by atoms with E-state index in [9.17, 15) is 15.0 Å². The first-order valence-electron chi connectivity index (χ1n) is 16.1. The monoisotopic (exact) mass is 676 g/mol. The molecule has 258 valence electrons. The third kappa shape index (κ3) is 9.58. The molecule has 1 saturated heterocycles. The number of rotatable bonds is 13. The first kappa shape index (κ1) is 38.5. The van der Waals surface area contributed by atoms with Gasteiger partial charge in [-0.1, -0.05) is 102 Å². The lowest BCUT2D eigenvalue weighted by Gasteiger charge is -2.52. The summed E-state index contributed by atoms with van der Waals surface area (Å²) in [6, 6.07) is 18.3. The molecule has 9 nitrogen and oxygen atoms in total. The van der Waals surface area contributed by atoms with E-state index in [2.05, 4.69) is 67.7 Å². The number of methoxy groups -OCH3 is 1. The molecule has 1 fully saturated rings. The average Bonchev–Trinajstić information content (AvgIpc) is 2.98. The minimum absolute atomic E-state index is 0.0498. The van der Waals surface area contributed by atoms with Gasteiger partial charge in [-0.3, -0.25) is 0 Å². The largest absolute Gasteiger partial charge is 0.455 e. The van der Waals surface area contributed by atoms with E-state index >= 15 is 0 Å². The van der Waals surface area contributed by atoms with Gasteiger partial charge in [0.25, 0.3) is 0 Å². The van der Waals surface area contributed by atoms with E-state index in [0.29, 0.717) is 12.2 Å². The van der Waals surface area contributed by atoms with Crippen molar-refractivity contribution in [1.82, 2.24) is 0 Å². The van der Waals surface area contributed by atoms with Crippen molar-refractivity contribution in [3.8, 4) is 0 Å². The van der Waals surface area contributed by atoms with Gasteiger partial charge in [0.15, 0.2) is 35.1 Å². The maximum absolute atomic E-state index is 13.6. The number of hydrogen-bond donors (Lipinski definition) is 2. The summed E-state index contributed by atoms with van der Waals surface area (Å²) in [6.07, 6.45) is -7.62. The van der Waals surface area contributed by atoms with E-state index in [1.807, 2.05) is 30.3 Å². The van der Waals surface area contributed by atoms with E-state index < -0.39 is 65.5 Å². The minimum Gasteiger partial charge on any atom is -0.455 e. The Hall–Kier alpha value is -1.94. The van der Waals surface area contributed by atoms with Gasteiger partial charge in [0, 0.05) is 7.11 Å². The van der Waals surface area contributed by atoms with Crippen molar-refractivity contribution in [3.63, 3.8) is 0 Å². The molecule has 2 aromatic rings. The first-order valence-corrected chi connectivity index (χ1v) is 21.9. The van der Waals surface area contributed by atoms with Crippen molar-refractivity contribution >= 4 is 22.6 Å². The molecule has 0 unspecified atom stereocenters. The summed E-state index contributed by atoms with van der Waals surface area (Å²) in [5.41, 5.74) is 1.37. The molecular weight excluding hydrogens is 621 g/mol. The van der Waals surface area contributed by atoms with Gasteiger partial charge in [-0.05, 0) is 47.4 Å². The van der Waals surface area contributed by atoms with Crippen molar-refractivity contribution in [2.45, 2.75) is 127 Å². The molecule has 46 heavy (non-hydrogen) atoms. The Bertz CT molecular complexity index is 1230. The topological polar surface area (TPSA) is 113 Å². The third-order valence-corrected chi connectivity index (χ3v) is 18.6. The Kier molecular flexibility index (Phi) is 13.0. The molecule has 0 spiro atoms. The van der Waals surface area contributed by atoms with Crippen molar-refractivity contribution in [2.75, 3.05) is 13.7 Å². The zero-order valence-corrected chi connectivity index (χ0v) is 31.5. The van der Waals surface area contributed by atoms with E-state index in [0.717, 1.165) is 5.56 Å². The molecule has 0 amide bonds. The van der Waals surface area contributed by atoms with Crippen LogP contribution >= 0.6 is 0 Å². The Balaban J connectivity index is 2.05. The predicted molar refractivity (Wildman–Crippen MR) is 183 cm³/mol. The van der Waals surface area contributed by atoms with Gasteiger partial charge in [-0.15, -0.1) is 0 Å². The lowest BCUT2D eigenvalue weighted by Crippen LogP contribution is -2.67. The molecular formula is C35H56O9Si2. The maximum atomic E-state index is 13.6. The van der Waals surface area contributed by atoms with E-state index in [1.54, 1.807) is 37.4 Å². The zero-order chi connectivity index (χ0) is 34.5. The van der Waals surface area contributed by atoms with Crippen LogP contribution in [0.4, 0.5) is 0 Å². The Morgan fingerprint density at radius 3 is 1.80 bits per heavy atom. The highest BCUT2D eigenvalue weighted by molar-refractivity contribution is 6.74. The van der Waals surface area contributed by atoms with E-state index in [4.69, 9.17) is 27.8 Å². The lowest BCUT2D eigenvalue weighted by molar-refractivity contribution is -0.294. The van der Waals surface area contributed by atoms with Crippen LogP contribution in [0, 0.1) is 0 Å². The minimum atomic E-state index is -2.53. The van der Waals surface area contributed by atoms with Crippen LogP contribution in [0.5, 0.6) is 0 Å². The van der Waals surface area contributed by atoms with Crippen LogP contribution in [0.15, 0.2) is 60.7 Å². The summed E-state index contributed by atoms with van der Waals surface area (Å²) in [5.74, 6) is -0.996. The van der Waals surface area contributed by atoms with Gasteiger partial charge in [0.1, 0.15) is 24.4 Å². The molecule has 0 saturated carbocycles. The Labute approximate surface area is 277 Å². The highest BCUT2D eigenvalue weighted by Crippen LogP contribution is 2.44. The van der Waals surface area contributed by atoms with Crippen molar-refractivity contribution in [3.05, 3.63) is 71.8 Å². The van der Waals surface area contributed by atoms with Gasteiger partial charge in [0.05, 0.1) is 13.2 Å². The predicted octanol–water partition coefficient (Wildman–Crippen LogP) is 6.36. The van der Waals surface area contributed by atoms with Crippen LogP contribution in [0.3, 0.4) is 0 Å². The molecule has 0 aromatic heterocycles. The fraction of sp³-hybridized carbons (Fsp3) is 0.629. The summed E-state index contributed by atoms with van der Waals surface area (Å²) >= 11 is 0. The van der Waals surface area contributed by atoms with Crippen LogP contribution in [-0.4, -0.2) is 83.3 Å². The summed E-state index contributed by atoms with van der Waals surface area (Å²) in [5, 5.41) is 21.6. The molecule has 0 bridgehead atoms. The molecule has 1 aliphatic heterocycles. The fourth-order valence-electron chi connectivity index (χ4n) is 4.67. The maximum Gasteiger partial charge on any atom is 0.338 e. The highest BCUT2D eigenvalue weighted by Gasteiger charge is 2.56. The molecule has 1 heterocycles. The van der Waals surface area contributed by atoms with Gasteiger partial charge in [-0.2, -0.15) is 0 Å². The summed E-state index contributed by atoms with van der Waals surface area (Å²) in [4.78, 5) is 13.6. The normalized spacial score (nSPS) is 24.3. The summed E-state index contributed by atoms with van der Waals surface area (Å²) < 4.78 is 38.7. The lowest BCUT2D eigenvalue weighted by atomic mass is 9.98. The third-order valence-electron chi connectivity index (χ3n) is 9.62. The van der Waals surface area contributed by atoms with Crippen LogP contribution in [0.1, 0.15) is 58.8 Å². The number of ether oxygens (including phenoxy) is 4. The molecule has 3 rings (SSSR count). The number of aliphatic hydroxyl groups excluding tert-OH is 2. The summed E-state index contributed by atoms with van der Waals surface area (Å²) in [6.45, 7) is 21.7.